The van der Waals surface area contributed by atoms with Crippen molar-refractivity contribution in [3.63, 3.8) is 0 Å². The summed E-state index contributed by atoms with van der Waals surface area (Å²) in [6.45, 7) is 4.85. The molecule has 0 atom stereocenters. The molecule has 1 aromatic rings. The first kappa shape index (κ1) is 8.24. The Kier molecular flexibility index (Phi) is 2.50. The molecule has 0 aliphatic rings. The number of nitrogens with two attached hydrogens (primary N) is 1. The number of rotatable bonds is 1. The molecule has 2 N–H and O–H groups in total. The molecule has 0 aromatic carbocycles. The molecule has 0 aliphatic heterocycles. The average Bonchev–Trinajstić information content (AvgIpc) is 2.17. The summed E-state index contributed by atoms with van der Waals surface area (Å²) in [4.78, 5) is 2.60. The van der Waals surface area contributed by atoms with E-state index in [9.17, 15) is 0 Å². The molecule has 10 heavy (non-hydrogen) atoms. The van der Waals surface area contributed by atoms with Gasteiger partial charge in [0.1, 0.15) is 0 Å². The lowest BCUT2D eigenvalue weighted by Crippen LogP contribution is -1.94. The topological polar surface area (TPSA) is 26.0 Å². The summed E-state index contributed by atoms with van der Waals surface area (Å²) >= 11 is 5.26. The lowest BCUT2D eigenvalue weighted by Gasteiger charge is -1.90. The number of hydrogen-bond donors (Lipinski definition) is 1. The highest BCUT2D eigenvalue weighted by Crippen LogP contribution is 2.31. The summed E-state index contributed by atoms with van der Waals surface area (Å²) in [7, 11) is 0. The summed E-state index contributed by atoms with van der Waals surface area (Å²) in [6.07, 6.45) is 0. The van der Waals surface area contributed by atoms with Crippen LogP contribution in [-0.2, 0) is 6.54 Å². The molecule has 0 fully saturated rings. The summed E-state index contributed by atoms with van der Waals surface area (Å²) in [5.74, 6) is 0. The van der Waals surface area contributed by atoms with Crippen LogP contribution < -0.4 is 5.73 Å². The number of hydrogen-bond acceptors (Lipinski definition) is 2. The lowest BCUT2D eigenvalue weighted by molar-refractivity contribution is 1.09. The van der Waals surface area contributed by atoms with Gasteiger partial charge in [0, 0.05) is 20.8 Å². The SMILES string of the molecule is Cc1sc(CN)c(C)c1Br. The smallest absolute Gasteiger partial charge is 0.0344 e. The second-order valence-electron chi connectivity index (χ2n) is 2.22. The van der Waals surface area contributed by atoms with Crippen LogP contribution in [0.1, 0.15) is 15.3 Å². The van der Waals surface area contributed by atoms with Gasteiger partial charge in [-0.15, -0.1) is 11.3 Å². The zero-order valence-corrected chi connectivity index (χ0v) is 8.47. The summed E-state index contributed by atoms with van der Waals surface area (Å²) in [5, 5.41) is 0. The summed E-state index contributed by atoms with van der Waals surface area (Å²) < 4.78 is 1.22. The van der Waals surface area contributed by atoms with Crippen molar-refractivity contribution in [2.45, 2.75) is 20.4 Å². The van der Waals surface area contributed by atoms with E-state index < -0.39 is 0 Å². The first-order valence-electron chi connectivity index (χ1n) is 3.11. The molecule has 0 unspecified atom stereocenters. The van der Waals surface area contributed by atoms with Crippen molar-refractivity contribution in [2.75, 3.05) is 0 Å². The van der Waals surface area contributed by atoms with Gasteiger partial charge in [-0.1, -0.05) is 0 Å². The first-order chi connectivity index (χ1) is 4.66. The van der Waals surface area contributed by atoms with Crippen molar-refractivity contribution in [1.29, 1.82) is 0 Å². The van der Waals surface area contributed by atoms with E-state index in [-0.39, 0.29) is 0 Å². The van der Waals surface area contributed by atoms with E-state index in [2.05, 4.69) is 29.8 Å². The maximum Gasteiger partial charge on any atom is 0.0344 e. The average molecular weight is 220 g/mol. The zero-order valence-electron chi connectivity index (χ0n) is 6.07. The fourth-order valence-corrected chi connectivity index (χ4v) is 2.45. The molecule has 0 amide bonds. The van der Waals surface area contributed by atoms with Gasteiger partial charge < -0.3 is 5.73 Å². The van der Waals surface area contributed by atoms with Crippen LogP contribution in [0.3, 0.4) is 0 Å². The number of halogens is 1. The van der Waals surface area contributed by atoms with Crippen LogP contribution in [0.15, 0.2) is 4.47 Å². The standard InChI is InChI=1S/C7H10BrNS/c1-4-6(3-9)10-5(2)7(4)8/h3,9H2,1-2H3. The molecule has 1 nitrogen and oxygen atoms in total. The van der Waals surface area contributed by atoms with Gasteiger partial charge in [0.05, 0.1) is 0 Å². The van der Waals surface area contributed by atoms with Crippen LogP contribution in [0.4, 0.5) is 0 Å². The van der Waals surface area contributed by atoms with Crippen molar-refractivity contribution in [3.8, 4) is 0 Å². The van der Waals surface area contributed by atoms with Gasteiger partial charge in [-0.2, -0.15) is 0 Å². The molecule has 1 aromatic heterocycles. The van der Waals surface area contributed by atoms with Crippen molar-refractivity contribution >= 4 is 27.3 Å². The third kappa shape index (κ3) is 1.26. The van der Waals surface area contributed by atoms with Crippen LogP contribution in [0.2, 0.25) is 0 Å². The maximum atomic E-state index is 5.52. The van der Waals surface area contributed by atoms with Crippen LogP contribution in [0.25, 0.3) is 0 Å². The predicted molar refractivity (Wildman–Crippen MR) is 49.4 cm³/mol. The number of aryl methyl sites for hydroxylation is 1. The molecule has 0 spiro atoms. The second-order valence-corrected chi connectivity index (χ2v) is 4.33. The highest BCUT2D eigenvalue weighted by atomic mass is 79.9. The van der Waals surface area contributed by atoms with Gasteiger partial charge in [0.25, 0.3) is 0 Å². The number of thiophene rings is 1. The Morgan fingerprint density at radius 1 is 1.50 bits per heavy atom. The fraction of sp³-hybridized carbons (Fsp3) is 0.429. The largest absolute Gasteiger partial charge is 0.326 e. The van der Waals surface area contributed by atoms with Crippen molar-refractivity contribution in [3.05, 3.63) is 19.8 Å². The Hall–Kier alpha value is 0.140. The molecule has 0 bridgehead atoms. The van der Waals surface area contributed by atoms with Gasteiger partial charge in [-0.25, -0.2) is 0 Å². The van der Waals surface area contributed by atoms with E-state index in [0.717, 1.165) is 0 Å². The summed E-state index contributed by atoms with van der Waals surface area (Å²) in [5.41, 5.74) is 6.82. The van der Waals surface area contributed by atoms with E-state index in [4.69, 9.17) is 5.73 Å². The van der Waals surface area contributed by atoms with E-state index >= 15 is 0 Å². The van der Waals surface area contributed by atoms with E-state index in [1.165, 1.54) is 19.8 Å². The Labute approximate surface area is 73.4 Å². The third-order valence-electron chi connectivity index (χ3n) is 1.52. The molecule has 1 rings (SSSR count). The molecule has 3 heteroatoms. The molecule has 56 valence electrons. The minimum Gasteiger partial charge on any atom is -0.326 e. The van der Waals surface area contributed by atoms with Gasteiger partial charge in [-0.3, -0.25) is 0 Å². The van der Waals surface area contributed by atoms with Crippen LogP contribution >= 0.6 is 27.3 Å². The monoisotopic (exact) mass is 219 g/mol. The van der Waals surface area contributed by atoms with E-state index in [0.29, 0.717) is 6.54 Å². The Morgan fingerprint density at radius 3 is 2.30 bits per heavy atom. The third-order valence-corrected chi connectivity index (χ3v) is 4.20. The highest BCUT2D eigenvalue weighted by Gasteiger charge is 2.06. The minimum absolute atomic E-state index is 0.656. The predicted octanol–water partition coefficient (Wildman–Crippen LogP) is 2.59. The Morgan fingerprint density at radius 2 is 2.10 bits per heavy atom. The van der Waals surface area contributed by atoms with Gasteiger partial charge >= 0.3 is 0 Å². The molecule has 0 radical (unpaired) electrons. The molecule has 0 saturated carbocycles. The van der Waals surface area contributed by atoms with E-state index in [1.54, 1.807) is 11.3 Å². The summed E-state index contributed by atoms with van der Waals surface area (Å²) in [6, 6.07) is 0. The minimum atomic E-state index is 0.656. The quantitative estimate of drug-likeness (QED) is 0.773. The molecular weight excluding hydrogens is 210 g/mol. The van der Waals surface area contributed by atoms with Crippen molar-refractivity contribution < 1.29 is 0 Å². The Balaban J connectivity index is 3.17. The van der Waals surface area contributed by atoms with Gasteiger partial charge in [-0.05, 0) is 35.3 Å². The maximum absolute atomic E-state index is 5.52. The fourth-order valence-electron chi connectivity index (χ4n) is 0.887. The van der Waals surface area contributed by atoms with Crippen LogP contribution in [0, 0.1) is 13.8 Å². The van der Waals surface area contributed by atoms with Gasteiger partial charge in [0.2, 0.25) is 0 Å². The first-order valence-corrected chi connectivity index (χ1v) is 4.72. The van der Waals surface area contributed by atoms with Gasteiger partial charge in [0.15, 0.2) is 0 Å². The zero-order chi connectivity index (χ0) is 7.72. The van der Waals surface area contributed by atoms with Crippen molar-refractivity contribution in [1.82, 2.24) is 0 Å². The lowest BCUT2D eigenvalue weighted by atomic mass is 10.3. The Bertz CT molecular complexity index is 242. The van der Waals surface area contributed by atoms with Crippen LogP contribution in [0.5, 0.6) is 0 Å². The van der Waals surface area contributed by atoms with E-state index in [1.807, 2.05) is 0 Å². The normalized spacial score (nSPS) is 10.4. The van der Waals surface area contributed by atoms with Crippen molar-refractivity contribution in [2.24, 2.45) is 5.73 Å². The second kappa shape index (κ2) is 3.03. The molecular formula is C7H10BrNS. The highest BCUT2D eigenvalue weighted by molar-refractivity contribution is 9.10. The molecule has 0 aliphatic carbocycles. The molecule has 1 heterocycles. The van der Waals surface area contributed by atoms with Crippen LogP contribution in [-0.4, -0.2) is 0 Å². The molecule has 0 saturated heterocycles.